The third kappa shape index (κ3) is 3.12. The van der Waals surface area contributed by atoms with Crippen molar-refractivity contribution >= 4 is 0 Å². The Balaban J connectivity index is 2.14. The van der Waals surface area contributed by atoms with Gasteiger partial charge in [0.2, 0.25) is 5.88 Å². The fourth-order valence-electron chi connectivity index (χ4n) is 2.11. The second-order valence-corrected chi connectivity index (χ2v) is 4.33. The Hall–Kier alpha value is -1.88. The summed E-state index contributed by atoms with van der Waals surface area (Å²) in [5.74, 6) is 1.70. The minimum atomic E-state index is 0.185. The smallest absolute Gasteiger partial charge is 0.212 e. The molecule has 0 radical (unpaired) electrons. The van der Waals surface area contributed by atoms with Crippen LogP contribution < -0.4 is 10.1 Å². The maximum atomic E-state index is 5.07. The molecule has 2 heterocycles. The maximum absolute atomic E-state index is 5.07. The Bertz CT molecular complexity index is 506. The van der Waals surface area contributed by atoms with Crippen LogP contribution in [0, 0.1) is 0 Å². The number of nitrogens with one attached hydrogen (secondary N) is 1. The van der Waals surface area contributed by atoms with Gasteiger partial charge in [-0.15, -0.1) is 0 Å². The molecule has 0 spiro atoms. The lowest BCUT2D eigenvalue weighted by molar-refractivity contribution is 0.397. The fourth-order valence-corrected chi connectivity index (χ4v) is 2.11. The van der Waals surface area contributed by atoms with Crippen molar-refractivity contribution in [3.05, 3.63) is 42.1 Å². The van der Waals surface area contributed by atoms with Gasteiger partial charge in [0.1, 0.15) is 5.82 Å². The number of ether oxygens (including phenoxy) is 1. The first-order valence-electron chi connectivity index (χ1n) is 6.45. The van der Waals surface area contributed by atoms with Crippen molar-refractivity contribution in [2.75, 3.05) is 14.2 Å². The van der Waals surface area contributed by atoms with E-state index in [4.69, 9.17) is 4.74 Å². The van der Waals surface area contributed by atoms with Gasteiger partial charge < -0.3 is 14.6 Å². The molecule has 5 heteroatoms. The summed E-state index contributed by atoms with van der Waals surface area (Å²) in [7, 11) is 3.58. The number of aryl methyl sites for hydroxylation is 1. The van der Waals surface area contributed by atoms with Crippen LogP contribution in [-0.2, 0) is 13.0 Å². The Morgan fingerprint density at radius 1 is 1.37 bits per heavy atom. The molecule has 1 N–H and O–H groups in total. The van der Waals surface area contributed by atoms with Crippen molar-refractivity contribution in [1.82, 2.24) is 19.9 Å². The van der Waals surface area contributed by atoms with Gasteiger partial charge in [-0.3, -0.25) is 0 Å². The summed E-state index contributed by atoms with van der Waals surface area (Å²) in [6.45, 7) is 3.04. The van der Waals surface area contributed by atoms with Gasteiger partial charge in [-0.25, -0.2) is 9.97 Å². The van der Waals surface area contributed by atoms with Gasteiger partial charge in [0.05, 0.1) is 13.2 Å². The monoisotopic (exact) mass is 260 g/mol. The van der Waals surface area contributed by atoms with E-state index >= 15 is 0 Å². The topological polar surface area (TPSA) is 52.0 Å². The molecule has 0 aromatic carbocycles. The highest BCUT2D eigenvalue weighted by molar-refractivity contribution is 5.19. The Morgan fingerprint density at radius 3 is 2.79 bits per heavy atom. The van der Waals surface area contributed by atoms with Crippen molar-refractivity contribution in [1.29, 1.82) is 0 Å². The molecule has 1 atom stereocenters. The molecule has 0 fully saturated rings. The molecule has 0 aliphatic heterocycles. The van der Waals surface area contributed by atoms with Gasteiger partial charge in [0.25, 0.3) is 0 Å². The summed E-state index contributed by atoms with van der Waals surface area (Å²) in [6.07, 6.45) is 6.55. The van der Waals surface area contributed by atoms with Gasteiger partial charge in [0, 0.05) is 31.2 Å². The third-order valence-electron chi connectivity index (χ3n) is 3.20. The lowest BCUT2D eigenvalue weighted by Crippen LogP contribution is -2.22. The Morgan fingerprint density at radius 2 is 2.21 bits per heavy atom. The van der Waals surface area contributed by atoms with E-state index in [2.05, 4.69) is 26.8 Å². The van der Waals surface area contributed by atoms with Crippen LogP contribution in [0.2, 0.25) is 0 Å². The largest absolute Gasteiger partial charge is 0.481 e. The summed E-state index contributed by atoms with van der Waals surface area (Å²) in [5.41, 5.74) is 1.16. The van der Waals surface area contributed by atoms with E-state index in [1.165, 1.54) is 0 Å². The molecule has 0 aliphatic carbocycles. The molecule has 102 valence electrons. The van der Waals surface area contributed by atoms with E-state index in [-0.39, 0.29) is 6.04 Å². The summed E-state index contributed by atoms with van der Waals surface area (Å²) in [4.78, 5) is 8.67. The van der Waals surface area contributed by atoms with Crippen molar-refractivity contribution in [2.24, 2.45) is 0 Å². The molecule has 0 bridgehead atoms. The van der Waals surface area contributed by atoms with Crippen LogP contribution in [0.3, 0.4) is 0 Å². The third-order valence-corrected chi connectivity index (χ3v) is 3.20. The van der Waals surface area contributed by atoms with Crippen LogP contribution in [0.4, 0.5) is 0 Å². The van der Waals surface area contributed by atoms with Crippen LogP contribution in [0.1, 0.15) is 24.4 Å². The highest BCUT2D eigenvalue weighted by atomic mass is 16.5. The second-order valence-electron chi connectivity index (χ2n) is 4.33. The molecule has 2 aromatic rings. The number of imidazole rings is 1. The molecule has 0 aliphatic rings. The summed E-state index contributed by atoms with van der Waals surface area (Å²) in [6, 6.07) is 4.11. The summed E-state index contributed by atoms with van der Waals surface area (Å²) in [5, 5.41) is 3.31. The molecule has 5 nitrogen and oxygen atoms in total. The van der Waals surface area contributed by atoms with Gasteiger partial charge in [-0.1, -0.05) is 6.07 Å². The predicted molar refractivity (Wildman–Crippen MR) is 74.2 cm³/mol. The SMILES string of the molecule is CCn1ccnc1C(Cc1ccc(OC)nc1)NC. The van der Waals surface area contributed by atoms with Gasteiger partial charge in [0.15, 0.2) is 0 Å². The normalized spacial score (nSPS) is 12.4. The zero-order valence-electron chi connectivity index (χ0n) is 11.6. The second kappa shape index (κ2) is 6.33. The van der Waals surface area contributed by atoms with Gasteiger partial charge in [-0.05, 0) is 26.0 Å². The molecule has 2 aromatic heterocycles. The van der Waals surface area contributed by atoms with Crippen LogP contribution in [0.25, 0.3) is 0 Å². The maximum Gasteiger partial charge on any atom is 0.212 e. The van der Waals surface area contributed by atoms with E-state index in [1.54, 1.807) is 7.11 Å². The van der Waals surface area contributed by atoms with Crippen LogP contribution in [-0.4, -0.2) is 28.7 Å². The molecule has 2 rings (SSSR count). The van der Waals surface area contributed by atoms with Crippen molar-refractivity contribution in [3.8, 4) is 5.88 Å². The minimum absolute atomic E-state index is 0.185. The number of methoxy groups -OCH3 is 1. The highest BCUT2D eigenvalue weighted by Gasteiger charge is 2.15. The molecule has 19 heavy (non-hydrogen) atoms. The number of aromatic nitrogens is 3. The number of hydrogen-bond donors (Lipinski definition) is 1. The molecule has 0 saturated heterocycles. The number of likely N-dealkylation sites (N-methyl/N-ethyl adjacent to an activating group) is 1. The average Bonchev–Trinajstić information content (AvgIpc) is 2.93. The Kier molecular flexibility index (Phi) is 4.52. The van der Waals surface area contributed by atoms with E-state index in [9.17, 15) is 0 Å². The van der Waals surface area contributed by atoms with E-state index < -0.39 is 0 Å². The number of hydrogen-bond acceptors (Lipinski definition) is 4. The molecule has 0 saturated carbocycles. The van der Waals surface area contributed by atoms with Crippen molar-refractivity contribution < 1.29 is 4.74 Å². The molecular formula is C14H20N4O. The van der Waals surface area contributed by atoms with E-state index in [0.29, 0.717) is 5.88 Å². The average molecular weight is 260 g/mol. The first kappa shape index (κ1) is 13.5. The quantitative estimate of drug-likeness (QED) is 0.860. The number of pyridine rings is 1. The first-order valence-corrected chi connectivity index (χ1v) is 6.45. The Labute approximate surface area is 113 Å². The lowest BCUT2D eigenvalue weighted by Gasteiger charge is -2.17. The number of nitrogens with zero attached hydrogens (tertiary/aromatic N) is 3. The molecular weight excluding hydrogens is 240 g/mol. The summed E-state index contributed by atoms with van der Waals surface area (Å²) >= 11 is 0. The van der Waals surface area contributed by atoms with Gasteiger partial charge >= 0.3 is 0 Å². The van der Waals surface area contributed by atoms with Crippen LogP contribution in [0.5, 0.6) is 5.88 Å². The fraction of sp³-hybridized carbons (Fsp3) is 0.429. The van der Waals surface area contributed by atoms with Crippen LogP contribution >= 0.6 is 0 Å². The lowest BCUT2D eigenvalue weighted by atomic mass is 10.1. The van der Waals surface area contributed by atoms with E-state index in [1.807, 2.05) is 37.8 Å². The first-order chi connectivity index (χ1) is 9.28. The van der Waals surface area contributed by atoms with Crippen LogP contribution in [0.15, 0.2) is 30.7 Å². The number of rotatable bonds is 6. The predicted octanol–water partition coefficient (Wildman–Crippen LogP) is 1.81. The molecule has 1 unspecified atom stereocenters. The highest BCUT2D eigenvalue weighted by Crippen LogP contribution is 2.17. The minimum Gasteiger partial charge on any atom is -0.481 e. The van der Waals surface area contributed by atoms with E-state index in [0.717, 1.165) is 24.4 Å². The van der Waals surface area contributed by atoms with Crippen molar-refractivity contribution in [2.45, 2.75) is 25.9 Å². The molecule has 0 amide bonds. The zero-order valence-corrected chi connectivity index (χ0v) is 11.6. The zero-order chi connectivity index (χ0) is 13.7. The van der Waals surface area contributed by atoms with Crippen molar-refractivity contribution in [3.63, 3.8) is 0 Å². The summed E-state index contributed by atoms with van der Waals surface area (Å²) < 4.78 is 7.22. The van der Waals surface area contributed by atoms with Gasteiger partial charge in [-0.2, -0.15) is 0 Å². The standard InChI is InChI=1S/C14H20N4O/c1-4-18-8-7-16-14(18)12(15-2)9-11-5-6-13(19-3)17-10-11/h5-8,10,12,15H,4,9H2,1-3H3.